The van der Waals surface area contributed by atoms with Crippen molar-refractivity contribution in [3.05, 3.63) is 29.8 Å². The lowest BCUT2D eigenvalue weighted by Crippen LogP contribution is -2.47. The monoisotopic (exact) mass is 285 g/mol. The van der Waals surface area contributed by atoms with E-state index in [1.165, 1.54) is 11.3 Å². The predicted molar refractivity (Wildman–Crippen MR) is 69.8 cm³/mol. The van der Waals surface area contributed by atoms with Gasteiger partial charge in [-0.25, -0.2) is 8.42 Å². The van der Waals surface area contributed by atoms with Crippen LogP contribution < -0.4 is 10.3 Å². The van der Waals surface area contributed by atoms with E-state index >= 15 is 0 Å². The van der Waals surface area contributed by atoms with Gasteiger partial charge in [0.2, 0.25) is 16.9 Å². The van der Waals surface area contributed by atoms with Crippen LogP contribution in [0.5, 0.6) is 0 Å². The minimum atomic E-state index is -3.50. The van der Waals surface area contributed by atoms with E-state index < -0.39 is 21.0 Å². The standard InChI is InChI=1S/C11H12N2O3S2/c1-18(15,16)10(11(12)14)6-13-7-17-9-5-3-2-4-8(9)13/h2-5,7,10H,6H2,1H3,(H-,12,14)/p+1. The topological polar surface area (TPSA) is 81.1 Å². The molecule has 0 saturated heterocycles. The average Bonchev–Trinajstić information content (AvgIpc) is 2.67. The Bertz CT molecular complexity index is 691. The van der Waals surface area contributed by atoms with E-state index in [-0.39, 0.29) is 6.54 Å². The van der Waals surface area contributed by atoms with E-state index in [4.69, 9.17) is 5.73 Å². The van der Waals surface area contributed by atoms with Gasteiger partial charge in [0, 0.05) is 12.3 Å². The van der Waals surface area contributed by atoms with Gasteiger partial charge in [-0.15, -0.1) is 0 Å². The number of nitrogens with two attached hydrogens (primary N) is 1. The summed E-state index contributed by atoms with van der Waals surface area (Å²) < 4.78 is 25.8. The molecule has 2 rings (SSSR count). The lowest BCUT2D eigenvalue weighted by atomic mass is 10.3. The molecule has 96 valence electrons. The normalized spacial score (nSPS) is 13.6. The number of rotatable bonds is 4. The Kier molecular flexibility index (Phi) is 3.36. The van der Waals surface area contributed by atoms with Crippen molar-refractivity contribution in [3.63, 3.8) is 0 Å². The van der Waals surface area contributed by atoms with Crippen molar-refractivity contribution in [2.75, 3.05) is 6.26 Å². The fraction of sp³-hybridized carbons (Fsp3) is 0.273. The number of hydrogen-bond donors (Lipinski definition) is 1. The van der Waals surface area contributed by atoms with E-state index in [1.54, 1.807) is 10.1 Å². The second-order valence-corrected chi connectivity index (χ2v) is 7.18. The molecule has 1 unspecified atom stereocenters. The Morgan fingerprint density at radius 2 is 2.11 bits per heavy atom. The molecule has 0 spiro atoms. The van der Waals surface area contributed by atoms with Crippen molar-refractivity contribution in [1.82, 2.24) is 0 Å². The van der Waals surface area contributed by atoms with Gasteiger partial charge in [-0.1, -0.05) is 23.5 Å². The molecule has 0 aliphatic heterocycles. The molecule has 1 heterocycles. The van der Waals surface area contributed by atoms with Crippen molar-refractivity contribution >= 4 is 37.3 Å². The molecule has 1 atom stereocenters. The van der Waals surface area contributed by atoms with Gasteiger partial charge < -0.3 is 5.73 Å². The number of aromatic nitrogens is 1. The molecule has 0 aliphatic rings. The summed E-state index contributed by atoms with van der Waals surface area (Å²) in [6, 6.07) is 7.60. The molecule has 7 heteroatoms. The number of primary amides is 1. The van der Waals surface area contributed by atoms with Gasteiger partial charge in [0.25, 0.3) is 0 Å². The molecular formula is C11H13N2O3S2+. The zero-order valence-corrected chi connectivity index (χ0v) is 11.4. The second-order valence-electron chi connectivity index (χ2n) is 4.06. The summed E-state index contributed by atoms with van der Waals surface area (Å²) in [5.74, 6) is -0.819. The summed E-state index contributed by atoms with van der Waals surface area (Å²) in [5.41, 5.74) is 7.85. The van der Waals surface area contributed by atoms with Crippen LogP contribution >= 0.6 is 11.3 Å². The first-order valence-corrected chi connectivity index (χ1v) is 8.07. The first-order chi connectivity index (χ1) is 8.39. The number of thiazole rings is 1. The van der Waals surface area contributed by atoms with Crippen LogP contribution in [0.4, 0.5) is 0 Å². The number of sulfone groups is 1. The van der Waals surface area contributed by atoms with Crippen LogP contribution in [0.2, 0.25) is 0 Å². The van der Waals surface area contributed by atoms with Gasteiger partial charge in [0.1, 0.15) is 4.70 Å². The molecule has 0 fully saturated rings. The quantitative estimate of drug-likeness (QED) is 0.808. The van der Waals surface area contributed by atoms with Crippen LogP contribution in [0.3, 0.4) is 0 Å². The maximum Gasteiger partial charge on any atom is 0.242 e. The van der Waals surface area contributed by atoms with Crippen LogP contribution in [-0.4, -0.2) is 25.8 Å². The van der Waals surface area contributed by atoms with Crippen molar-refractivity contribution in [1.29, 1.82) is 0 Å². The van der Waals surface area contributed by atoms with Gasteiger partial charge in [-0.05, 0) is 6.07 Å². The van der Waals surface area contributed by atoms with Gasteiger partial charge >= 0.3 is 0 Å². The van der Waals surface area contributed by atoms with Crippen LogP contribution in [-0.2, 0) is 21.2 Å². The van der Waals surface area contributed by atoms with E-state index in [2.05, 4.69) is 0 Å². The number of carbonyl (C=O) groups excluding carboxylic acids is 1. The summed E-state index contributed by atoms with van der Waals surface area (Å²) in [6.07, 6.45) is 1.03. The molecule has 5 nitrogen and oxygen atoms in total. The van der Waals surface area contributed by atoms with Crippen LogP contribution in [0.1, 0.15) is 0 Å². The minimum absolute atomic E-state index is 0.0538. The Labute approximate surface area is 109 Å². The number of fused-ring (bicyclic) bond motifs is 1. The predicted octanol–water partition coefficient (Wildman–Crippen LogP) is 0.0873. The molecule has 0 radical (unpaired) electrons. The summed E-state index contributed by atoms with van der Waals surface area (Å²) in [6.45, 7) is 0.0538. The first kappa shape index (κ1) is 13.0. The summed E-state index contributed by atoms with van der Waals surface area (Å²) in [7, 11) is -3.50. The maximum atomic E-state index is 11.5. The van der Waals surface area contributed by atoms with Crippen molar-refractivity contribution in [3.8, 4) is 0 Å². The average molecular weight is 285 g/mol. The molecule has 1 aromatic carbocycles. The number of hydrogen-bond acceptors (Lipinski definition) is 4. The van der Waals surface area contributed by atoms with Gasteiger partial charge in [0.05, 0.1) is 0 Å². The first-order valence-electron chi connectivity index (χ1n) is 5.23. The Morgan fingerprint density at radius 1 is 1.44 bits per heavy atom. The zero-order chi connectivity index (χ0) is 13.3. The summed E-state index contributed by atoms with van der Waals surface area (Å²) in [4.78, 5) is 11.2. The van der Waals surface area contributed by atoms with Crippen molar-refractivity contribution in [2.24, 2.45) is 5.73 Å². The van der Waals surface area contributed by atoms with Crippen LogP contribution in [0.15, 0.2) is 29.8 Å². The van der Waals surface area contributed by atoms with E-state index in [0.717, 1.165) is 16.5 Å². The maximum absolute atomic E-state index is 11.5. The smallest absolute Gasteiger partial charge is 0.242 e. The number of nitrogens with zero attached hydrogens (tertiary/aromatic N) is 1. The number of benzene rings is 1. The van der Waals surface area contributed by atoms with E-state index in [1.807, 2.05) is 24.3 Å². The molecule has 2 aromatic rings. The molecular weight excluding hydrogens is 272 g/mol. The van der Waals surface area contributed by atoms with Crippen molar-refractivity contribution < 1.29 is 17.8 Å². The molecule has 18 heavy (non-hydrogen) atoms. The fourth-order valence-electron chi connectivity index (χ4n) is 1.73. The zero-order valence-electron chi connectivity index (χ0n) is 9.74. The van der Waals surface area contributed by atoms with Crippen LogP contribution in [0.25, 0.3) is 10.2 Å². The third-order valence-corrected chi connectivity index (χ3v) is 5.05. The SMILES string of the molecule is CS(=O)(=O)C(C[n+]1csc2ccccc21)C(N)=O. The minimum Gasteiger partial charge on any atom is -0.368 e. The van der Waals surface area contributed by atoms with E-state index in [0.29, 0.717) is 0 Å². The van der Waals surface area contributed by atoms with E-state index in [9.17, 15) is 13.2 Å². The lowest BCUT2D eigenvalue weighted by Gasteiger charge is -2.06. The third-order valence-electron chi connectivity index (χ3n) is 2.68. The summed E-state index contributed by atoms with van der Waals surface area (Å²) in [5, 5.41) is -1.19. The lowest BCUT2D eigenvalue weighted by molar-refractivity contribution is -0.664. The van der Waals surface area contributed by atoms with Gasteiger partial charge in [-0.2, -0.15) is 4.57 Å². The molecule has 1 amide bonds. The number of amides is 1. The Balaban J connectivity index is 2.41. The van der Waals surface area contributed by atoms with Crippen molar-refractivity contribution in [2.45, 2.75) is 11.8 Å². The molecule has 2 N–H and O–H groups in total. The molecule has 0 aliphatic carbocycles. The summed E-state index contributed by atoms with van der Waals surface area (Å²) >= 11 is 1.49. The second kappa shape index (κ2) is 4.66. The van der Waals surface area contributed by atoms with Crippen LogP contribution in [0, 0.1) is 0 Å². The molecule has 0 bridgehead atoms. The number of carbonyl (C=O) groups is 1. The Morgan fingerprint density at radius 3 is 2.72 bits per heavy atom. The highest BCUT2D eigenvalue weighted by molar-refractivity contribution is 7.92. The van der Waals surface area contributed by atoms with Gasteiger partial charge in [-0.3, -0.25) is 4.79 Å². The molecule has 1 aromatic heterocycles. The fourth-order valence-corrected chi connectivity index (χ4v) is 3.48. The highest BCUT2D eigenvalue weighted by atomic mass is 32.2. The largest absolute Gasteiger partial charge is 0.368 e. The highest BCUT2D eigenvalue weighted by Gasteiger charge is 2.32. The third kappa shape index (κ3) is 2.51. The number of para-hydroxylation sites is 1. The Hall–Kier alpha value is -1.47. The highest BCUT2D eigenvalue weighted by Crippen LogP contribution is 2.15. The molecule has 0 saturated carbocycles. The van der Waals surface area contributed by atoms with Gasteiger partial charge in [0.15, 0.2) is 21.6 Å².